The van der Waals surface area contributed by atoms with Crippen molar-refractivity contribution in [1.82, 2.24) is 4.90 Å². The smallest absolute Gasteiger partial charge is 0.246 e. The molecule has 1 atom stereocenters. The van der Waals surface area contributed by atoms with Crippen molar-refractivity contribution in [3.63, 3.8) is 0 Å². The molecule has 1 N–H and O–H groups in total. The van der Waals surface area contributed by atoms with Crippen molar-refractivity contribution in [3.05, 3.63) is 41.5 Å². The van der Waals surface area contributed by atoms with Crippen molar-refractivity contribution in [3.8, 4) is 6.07 Å². The lowest BCUT2D eigenvalue weighted by atomic mass is 9.98. The molecule has 1 aliphatic rings. The molecule has 21 heavy (non-hydrogen) atoms. The average Bonchev–Trinajstić information content (AvgIpc) is 2.66. The first-order valence-electron chi connectivity index (χ1n) is 7.20. The van der Waals surface area contributed by atoms with Crippen LogP contribution in [0, 0.1) is 11.3 Å². The summed E-state index contributed by atoms with van der Waals surface area (Å²) in [4.78, 5) is 14.0. The van der Waals surface area contributed by atoms with Gasteiger partial charge in [-0.1, -0.05) is 12.1 Å². The van der Waals surface area contributed by atoms with Crippen molar-refractivity contribution in [2.24, 2.45) is 0 Å². The zero-order valence-corrected chi connectivity index (χ0v) is 12.2. The summed E-state index contributed by atoms with van der Waals surface area (Å²) in [5.74, 6) is -0.0462. The number of aliphatic hydroxyl groups is 1. The molecule has 0 saturated carbocycles. The Labute approximate surface area is 125 Å². The summed E-state index contributed by atoms with van der Waals surface area (Å²) in [5.41, 5.74) is 0.750. The maximum atomic E-state index is 12.2. The van der Waals surface area contributed by atoms with Crippen molar-refractivity contribution in [2.75, 3.05) is 13.1 Å². The van der Waals surface area contributed by atoms with Gasteiger partial charge in [-0.05, 0) is 50.0 Å². The van der Waals surface area contributed by atoms with Crippen LogP contribution in [0.15, 0.2) is 30.3 Å². The Morgan fingerprint density at radius 2 is 2.24 bits per heavy atom. The number of nitriles is 1. The van der Waals surface area contributed by atoms with E-state index in [1.165, 1.54) is 6.08 Å². The van der Waals surface area contributed by atoms with Crippen molar-refractivity contribution < 1.29 is 9.90 Å². The van der Waals surface area contributed by atoms with Gasteiger partial charge >= 0.3 is 0 Å². The number of hydrogen-bond acceptors (Lipinski definition) is 3. The fourth-order valence-corrected chi connectivity index (χ4v) is 2.47. The quantitative estimate of drug-likeness (QED) is 0.848. The van der Waals surface area contributed by atoms with Crippen molar-refractivity contribution in [1.29, 1.82) is 5.26 Å². The summed E-state index contributed by atoms with van der Waals surface area (Å²) < 4.78 is 0. The van der Waals surface area contributed by atoms with Gasteiger partial charge in [0.15, 0.2) is 0 Å². The van der Waals surface area contributed by atoms with Gasteiger partial charge in [-0.2, -0.15) is 5.26 Å². The van der Waals surface area contributed by atoms with Gasteiger partial charge in [0.25, 0.3) is 0 Å². The van der Waals surface area contributed by atoms with Gasteiger partial charge in [-0.25, -0.2) is 0 Å². The monoisotopic (exact) mass is 284 g/mol. The number of amides is 1. The third-order valence-electron chi connectivity index (χ3n) is 3.81. The standard InChI is InChI=1S/C17H20N2O2/c1-17(21)8-3-10-19(11-9-17)16(20)7-6-14-4-2-5-15(12-14)13-18/h2,4-7,12,21H,3,8-11H2,1H3/b7-6+. The van der Waals surface area contributed by atoms with E-state index in [4.69, 9.17) is 5.26 Å². The van der Waals surface area contributed by atoms with E-state index in [-0.39, 0.29) is 5.91 Å². The normalized spacial score (nSPS) is 22.8. The Morgan fingerprint density at radius 1 is 1.43 bits per heavy atom. The third-order valence-corrected chi connectivity index (χ3v) is 3.81. The fourth-order valence-electron chi connectivity index (χ4n) is 2.47. The van der Waals surface area contributed by atoms with Crippen molar-refractivity contribution >= 4 is 12.0 Å². The van der Waals surface area contributed by atoms with E-state index in [0.29, 0.717) is 25.1 Å². The Hall–Kier alpha value is -2.12. The summed E-state index contributed by atoms with van der Waals surface area (Å²) in [6, 6.07) is 9.21. The average molecular weight is 284 g/mol. The predicted molar refractivity (Wildman–Crippen MR) is 81.2 cm³/mol. The second-order valence-corrected chi connectivity index (χ2v) is 5.75. The van der Waals surface area contributed by atoms with Crippen LogP contribution < -0.4 is 0 Å². The van der Waals surface area contributed by atoms with Crippen molar-refractivity contribution in [2.45, 2.75) is 31.8 Å². The predicted octanol–water partition coefficient (Wildman–Crippen LogP) is 2.33. The molecule has 0 bridgehead atoms. The number of benzene rings is 1. The molecule has 0 aromatic heterocycles. The highest BCUT2D eigenvalue weighted by Crippen LogP contribution is 2.21. The molecule has 0 spiro atoms. The minimum absolute atomic E-state index is 0.0462. The second kappa shape index (κ2) is 6.55. The summed E-state index contributed by atoms with van der Waals surface area (Å²) in [6.07, 6.45) is 5.42. The van der Waals surface area contributed by atoms with Gasteiger partial charge in [-0.3, -0.25) is 4.79 Å². The summed E-state index contributed by atoms with van der Waals surface area (Å²) in [6.45, 7) is 3.08. The lowest BCUT2D eigenvalue weighted by Crippen LogP contribution is -2.32. The first kappa shape index (κ1) is 15.3. The minimum atomic E-state index is -0.667. The highest BCUT2D eigenvalue weighted by Gasteiger charge is 2.26. The number of hydrogen-bond donors (Lipinski definition) is 1. The second-order valence-electron chi connectivity index (χ2n) is 5.75. The minimum Gasteiger partial charge on any atom is -0.390 e. The summed E-state index contributed by atoms with van der Waals surface area (Å²) in [7, 11) is 0. The van der Waals surface area contributed by atoms with Gasteiger partial charge < -0.3 is 10.0 Å². The zero-order valence-electron chi connectivity index (χ0n) is 12.2. The van der Waals surface area contributed by atoms with E-state index >= 15 is 0 Å². The zero-order chi connectivity index (χ0) is 15.3. The Morgan fingerprint density at radius 3 is 3.00 bits per heavy atom. The fraction of sp³-hybridized carbons (Fsp3) is 0.412. The molecule has 2 rings (SSSR count). The molecule has 1 saturated heterocycles. The van der Waals surface area contributed by atoms with Crippen LogP contribution in [0.5, 0.6) is 0 Å². The maximum Gasteiger partial charge on any atom is 0.246 e. The maximum absolute atomic E-state index is 12.2. The number of rotatable bonds is 2. The van der Waals surface area contributed by atoms with Gasteiger partial charge in [0.05, 0.1) is 17.2 Å². The molecule has 1 aromatic rings. The molecular weight excluding hydrogens is 264 g/mol. The molecule has 110 valence electrons. The van der Waals surface area contributed by atoms with Crippen LogP contribution in [0.25, 0.3) is 6.08 Å². The van der Waals surface area contributed by atoms with Crippen LogP contribution in [0.2, 0.25) is 0 Å². The molecular formula is C17H20N2O2. The molecule has 1 aliphatic heterocycles. The molecule has 0 aliphatic carbocycles. The highest BCUT2D eigenvalue weighted by molar-refractivity contribution is 5.91. The van der Waals surface area contributed by atoms with E-state index in [0.717, 1.165) is 18.4 Å². The van der Waals surface area contributed by atoms with Crippen LogP contribution >= 0.6 is 0 Å². The van der Waals surface area contributed by atoms with E-state index in [1.807, 2.05) is 13.0 Å². The summed E-state index contributed by atoms with van der Waals surface area (Å²) >= 11 is 0. The number of carbonyl (C=O) groups excluding carboxylic acids is 1. The highest BCUT2D eigenvalue weighted by atomic mass is 16.3. The first-order chi connectivity index (χ1) is 10.00. The molecule has 1 heterocycles. The molecule has 1 amide bonds. The molecule has 4 nitrogen and oxygen atoms in total. The van der Waals surface area contributed by atoms with Crippen LogP contribution in [-0.4, -0.2) is 34.6 Å². The molecule has 1 unspecified atom stereocenters. The van der Waals surface area contributed by atoms with Gasteiger partial charge in [-0.15, -0.1) is 0 Å². The van der Waals surface area contributed by atoms with Crippen LogP contribution in [0.1, 0.15) is 37.3 Å². The SMILES string of the molecule is CC1(O)CCCN(C(=O)/C=C/c2cccc(C#N)c2)CC1. The molecule has 0 radical (unpaired) electrons. The molecule has 1 fully saturated rings. The lowest BCUT2D eigenvalue weighted by Gasteiger charge is -2.21. The Balaban J connectivity index is 2.00. The van der Waals surface area contributed by atoms with E-state index < -0.39 is 5.60 Å². The number of nitrogens with zero attached hydrogens (tertiary/aromatic N) is 2. The van der Waals surface area contributed by atoms with E-state index in [9.17, 15) is 9.90 Å². The number of carbonyl (C=O) groups is 1. The van der Waals surface area contributed by atoms with Crippen LogP contribution in [0.4, 0.5) is 0 Å². The number of likely N-dealkylation sites (tertiary alicyclic amines) is 1. The lowest BCUT2D eigenvalue weighted by molar-refractivity contribution is -0.126. The topological polar surface area (TPSA) is 64.3 Å². The largest absolute Gasteiger partial charge is 0.390 e. The van der Waals surface area contributed by atoms with Gasteiger partial charge in [0.2, 0.25) is 5.91 Å². The summed E-state index contributed by atoms with van der Waals surface area (Å²) in [5, 5.41) is 18.9. The Kier molecular flexibility index (Phi) is 4.77. The molecule has 1 aromatic carbocycles. The van der Waals surface area contributed by atoms with Crippen LogP contribution in [0.3, 0.4) is 0 Å². The van der Waals surface area contributed by atoms with Crippen LogP contribution in [-0.2, 0) is 4.79 Å². The Bertz CT molecular complexity index is 585. The first-order valence-corrected chi connectivity index (χ1v) is 7.20. The van der Waals surface area contributed by atoms with Gasteiger partial charge in [0, 0.05) is 19.2 Å². The van der Waals surface area contributed by atoms with Gasteiger partial charge in [0.1, 0.15) is 0 Å². The molecule has 4 heteroatoms. The third kappa shape index (κ3) is 4.44. The van der Waals surface area contributed by atoms with E-state index in [1.54, 1.807) is 29.2 Å². The van der Waals surface area contributed by atoms with E-state index in [2.05, 4.69) is 6.07 Å².